The van der Waals surface area contributed by atoms with E-state index in [2.05, 4.69) is 31.7 Å². The molecule has 0 aliphatic carbocycles. The van der Waals surface area contributed by atoms with Crippen LogP contribution in [0.15, 0.2) is 53.9 Å². The quantitative estimate of drug-likeness (QED) is 0.278. The maximum atomic E-state index is 12.9. The van der Waals surface area contributed by atoms with Crippen molar-refractivity contribution in [2.24, 2.45) is 0 Å². The standard InChI is InChI=1S/C29H31N9O3S/c1-40-25-15-22-26(42-13-7-30-22)16-24(25)38-23-14-21(19-18-33-37-10-5-6-31-28(19)37)32-17-20(23)27(35-38)34-29(39)41-12-11-36-8-3-2-4-9-36/h5-6,10,14-18,30H,2-4,7-9,11-13H2,1H3,(H,34,35,39). The monoisotopic (exact) mass is 585 g/mol. The fourth-order valence-electron chi connectivity index (χ4n) is 5.51. The maximum Gasteiger partial charge on any atom is 0.412 e. The summed E-state index contributed by atoms with van der Waals surface area (Å²) < 4.78 is 14.9. The summed E-state index contributed by atoms with van der Waals surface area (Å²) in [6, 6.07) is 7.82. The smallest absolute Gasteiger partial charge is 0.412 e. The molecule has 0 atom stereocenters. The molecule has 1 saturated heterocycles. The van der Waals surface area contributed by atoms with Crippen molar-refractivity contribution in [1.82, 2.24) is 34.3 Å². The molecule has 1 fully saturated rings. The molecule has 216 valence electrons. The molecule has 13 heteroatoms. The highest BCUT2D eigenvalue weighted by Crippen LogP contribution is 2.40. The average molecular weight is 586 g/mol. The summed E-state index contributed by atoms with van der Waals surface area (Å²) in [7, 11) is 1.64. The number of carbonyl (C=O) groups is 1. The number of pyridine rings is 1. The first kappa shape index (κ1) is 26.5. The molecule has 2 N–H and O–H groups in total. The van der Waals surface area contributed by atoms with E-state index in [4.69, 9.17) is 19.6 Å². The average Bonchev–Trinajstić information content (AvgIpc) is 3.62. The number of amides is 1. The van der Waals surface area contributed by atoms with E-state index in [0.29, 0.717) is 34.9 Å². The van der Waals surface area contributed by atoms with Crippen molar-refractivity contribution < 1.29 is 14.3 Å². The number of carbonyl (C=O) groups excluding carboxylic acids is 1. The molecule has 1 amide bonds. The Hall–Kier alpha value is -4.36. The Morgan fingerprint density at radius 2 is 2.05 bits per heavy atom. The van der Waals surface area contributed by atoms with Gasteiger partial charge in [-0.05, 0) is 44.1 Å². The molecule has 0 unspecified atom stereocenters. The second-order valence-corrected chi connectivity index (χ2v) is 11.4. The lowest BCUT2D eigenvalue weighted by molar-refractivity contribution is 0.131. The van der Waals surface area contributed by atoms with E-state index < -0.39 is 6.09 Å². The molecule has 5 aromatic rings. The molecule has 42 heavy (non-hydrogen) atoms. The van der Waals surface area contributed by atoms with Crippen LogP contribution in [0.25, 0.3) is 33.5 Å². The van der Waals surface area contributed by atoms with Crippen molar-refractivity contribution in [2.75, 3.05) is 56.3 Å². The predicted octanol–water partition coefficient (Wildman–Crippen LogP) is 4.69. The van der Waals surface area contributed by atoms with Gasteiger partial charge in [-0.2, -0.15) is 5.10 Å². The lowest BCUT2D eigenvalue weighted by Crippen LogP contribution is -2.33. The number of thioether (sulfide) groups is 1. The summed E-state index contributed by atoms with van der Waals surface area (Å²) in [6.07, 6.45) is 10.1. The number of fused-ring (bicyclic) bond motifs is 3. The molecule has 0 bridgehead atoms. The first-order valence-corrected chi connectivity index (χ1v) is 15.1. The lowest BCUT2D eigenvalue weighted by atomic mass is 10.1. The zero-order valence-corrected chi connectivity index (χ0v) is 24.1. The highest BCUT2D eigenvalue weighted by molar-refractivity contribution is 7.99. The van der Waals surface area contributed by atoms with Crippen LogP contribution in [0, 0.1) is 0 Å². The third kappa shape index (κ3) is 5.09. The molecule has 2 aliphatic heterocycles. The number of aromatic nitrogens is 6. The van der Waals surface area contributed by atoms with Crippen molar-refractivity contribution >= 4 is 45.9 Å². The number of benzene rings is 1. The Kier molecular flexibility index (Phi) is 7.26. The first-order chi connectivity index (χ1) is 20.7. The van der Waals surface area contributed by atoms with Crippen LogP contribution in [-0.4, -0.2) is 86.0 Å². The van der Waals surface area contributed by atoms with E-state index in [1.807, 2.05) is 24.4 Å². The third-order valence-electron chi connectivity index (χ3n) is 7.61. The number of anilines is 2. The Bertz CT molecular complexity index is 1760. The molecule has 1 aromatic carbocycles. The van der Waals surface area contributed by atoms with E-state index in [1.165, 1.54) is 19.3 Å². The van der Waals surface area contributed by atoms with Gasteiger partial charge in [0.15, 0.2) is 11.5 Å². The van der Waals surface area contributed by atoms with Gasteiger partial charge in [-0.25, -0.2) is 19.0 Å². The summed E-state index contributed by atoms with van der Waals surface area (Å²) in [5, 5.41) is 16.2. The molecule has 0 saturated carbocycles. The Balaban J connectivity index is 1.26. The molecular formula is C29H31N9O3S. The fourth-order valence-corrected chi connectivity index (χ4v) is 6.41. The van der Waals surface area contributed by atoms with Crippen LogP contribution in [0.5, 0.6) is 5.75 Å². The third-order valence-corrected chi connectivity index (χ3v) is 8.67. The number of methoxy groups -OCH3 is 1. The van der Waals surface area contributed by atoms with Crippen LogP contribution >= 0.6 is 11.8 Å². The fraction of sp³-hybridized carbons (Fsp3) is 0.345. The number of piperidine rings is 1. The van der Waals surface area contributed by atoms with Crippen molar-refractivity contribution in [1.29, 1.82) is 0 Å². The van der Waals surface area contributed by atoms with Crippen molar-refractivity contribution in [3.05, 3.63) is 49.1 Å². The topological polar surface area (TPSA) is 124 Å². The molecule has 6 heterocycles. The van der Waals surface area contributed by atoms with Crippen LogP contribution in [0.1, 0.15) is 19.3 Å². The largest absolute Gasteiger partial charge is 0.494 e. The van der Waals surface area contributed by atoms with Crippen LogP contribution in [0.3, 0.4) is 0 Å². The van der Waals surface area contributed by atoms with Crippen molar-refractivity contribution in [3.63, 3.8) is 0 Å². The van der Waals surface area contributed by atoms with Gasteiger partial charge in [-0.3, -0.25) is 15.2 Å². The number of likely N-dealkylation sites (tertiary alicyclic amines) is 1. The second-order valence-electron chi connectivity index (χ2n) is 10.3. The van der Waals surface area contributed by atoms with Crippen molar-refractivity contribution in [2.45, 2.75) is 24.2 Å². The maximum absolute atomic E-state index is 12.9. The van der Waals surface area contributed by atoms with Crippen LogP contribution < -0.4 is 15.4 Å². The van der Waals surface area contributed by atoms with Gasteiger partial charge >= 0.3 is 6.09 Å². The lowest BCUT2D eigenvalue weighted by Gasteiger charge is -2.25. The van der Waals surface area contributed by atoms with Gasteiger partial charge in [-0.1, -0.05) is 6.42 Å². The van der Waals surface area contributed by atoms with Gasteiger partial charge in [-0.15, -0.1) is 16.9 Å². The number of hydrogen-bond acceptors (Lipinski definition) is 10. The highest BCUT2D eigenvalue weighted by Gasteiger charge is 2.22. The summed E-state index contributed by atoms with van der Waals surface area (Å²) in [4.78, 5) is 25.5. The summed E-state index contributed by atoms with van der Waals surface area (Å²) in [5.74, 6) is 1.97. The molecule has 12 nitrogen and oxygen atoms in total. The highest BCUT2D eigenvalue weighted by atomic mass is 32.2. The Morgan fingerprint density at radius 1 is 1.14 bits per heavy atom. The zero-order chi connectivity index (χ0) is 28.5. The van der Waals surface area contributed by atoms with E-state index in [1.54, 1.807) is 46.7 Å². The van der Waals surface area contributed by atoms with Gasteiger partial charge in [0.2, 0.25) is 0 Å². The predicted molar refractivity (Wildman–Crippen MR) is 162 cm³/mol. The van der Waals surface area contributed by atoms with Gasteiger partial charge < -0.3 is 14.8 Å². The van der Waals surface area contributed by atoms with E-state index in [-0.39, 0.29) is 0 Å². The molecule has 2 aliphatic rings. The molecule has 0 radical (unpaired) electrons. The number of rotatable bonds is 7. The second kappa shape index (κ2) is 11.5. The Labute approximate surface area is 246 Å². The number of nitrogens with one attached hydrogen (secondary N) is 2. The van der Waals surface area contributed by atoms with Crippen LogP contribution in [0.2, 0.25) is 0 Å². The van der Waals surface area contributed by atoms with Crippen LogP contribution in [-0.2, 0) is 4.74 Å². The Morgan fingerprint density at radius 3 is 2.93 bits per heavy atom. The summed E-state index contributed by atoms with van der Waals surface area (Å²) in [6.45, 7) is 4.03. The normalized spacial score (nSPS) is 15.4. The number of hydrogen-bond donors (Lipinski definition) is 2. The first-order valence-electron chi connectivity index (χ1n) is 14.1. The van der Waals surface area contributed by atoms with Crippen molar-refractivity contribution in [3.8, 4) is 22.7 Å². The molecule has 7 rings (SSSR count). The van der Waals surface area contributed by atoms with E-state index in [9.17, 15) is 4.79 Å². The van der Waals surface area contributed by atoms with Crippen LogP contribution in [0.4, 0.5) is 16.3 Å². The minimum Gasteiger partial charge on any atom is -0.494 e. The molecular weight excluding hydrogens is 554 g/mol. The van der Waals surface area contributed by atoms with Gasteiger partial charge in [0.25, 0.3) is 0 Å². The van der Waals surface area contributed by atoms with Gasteiger partial charge in [0.05, 0.1) is 41.2 Å². The van der Waals surface area contributed by atoms with Gasteiger partial charge in [0.1, 0.15) is 18.0 Å². The molecule has 0 spiro atoms. The summed E-state index contributed by atoms with van der Waals surface area (Å²) in [5.41, 5.74) is 4.68. The van der Waals surface area contributed by atoms with Gasteiger partial charge in [0, 0.05) is 48.4 Å². The zero-order valence-electron chi connectivity index (χ0n) is 23.2. The van der Waals surface area contributed by atoms with E-state index in [0.717, 1.165) is 59.3 Å². The van der Waals surface area contributed by atoms with E-state index >= 15 is 0 Å². The SMILES string of the molecule is COc1cc2c(cc1-n1nc(NC(=O)OCCN3CCCCC3)c3cnc(-c4cnn5cccnc45)cc31)SCCN2. The molecule has 4 aromatic heterocycles. The number of ether oxygens (including phenoxy) is 2. The number of nitrogens with zero attached hydrogens (tertiary/aromatic N) is 7. The summed E-state index contributed by atoms with van der Waals surface area (Å²) >= 11 is 1.78. The minimum absolute atomic E-state index is 0.317. The minimum atomic E-state index is -0.549.